The van der Waals surface area contributed by atoms with E-state index in [0.29, 0.717) is 0 Å². The van der Waals surface area contributed by atoms with E-state index in [2.05, 4.69) is 15.6 Å². The first-order valence-corrected chi connectivity index (χ1v) is 8.82. The number of anilines is 1. The summed E-state index contributed by atoms with van der Waals surface area (Å²) in [4.78, 5) is 18.6. The lowest BCUT2D eigenvalue weighted by Gasteiger charge is -2.40. The smallest absolute Gasteiger partial charge is 0.234 e. The van der Waals surface area contributed by atoms with Gasteiger partial charge in [-0.2, -0.15) is 0 Å². The van der Waals surface area contributed by atoms with E-state index in [1.165, 1.54) is 6.07 Å². The predicted molar refractivity (Wildman–Crippen MR) is 94.4 cm³/mol. The first kappa shape index (κ1) is 17.8. The van der Waals surface area contributed by atoms with Crippen LogP contribution in [0.4, 0.5) is 14.5 Å². The number of aliphatic hydroxyl groups excluding tert-OH is 1. The summed E-state index contributed by atoms with van der Waals surface area (Å²) < 4.78 is 27.0. The Morgan fingerprint density at radius 3 is 2.93 bits per heavy atom. The number of halogens is 2. The van der Waals surface area contributed by atoms with Crippen LogP contribution in [-0.2, 0) is 10.3 Å². The fourth-order valence-electron chi connectivity index (χ4n) is 3.73. The van der Waals surface area contributed by atoms with Crippen molar-refractivity contribution in [3.63, 3.8) is 0 Å². The van der Waals surface area contributed by atoms with Crippen molar-refractivity contribution in [2.45, 2.75) is 37.7 Å². The lowest BCUT2D eigenvalue weighted by molar-refractivity contribution is -0.128. The monoisotopic (exact) mass is 374 g/mol. The first-order valence-electron chi connectivity index (χ1n) is 8.82. The lowest BCUT2D eigenvalue weighted by Crippen LogP contribution is -2.55. The number of hydrogen-bond acceptors (Lipinski definition) is 5. The molecule has 2 atom stereocenters. The molecule has 1 aliphatic carbocycles. The minimum Gasteiger partial charge on any atom is -0.361 e. The van der Waals surface area contributed by atoms with E-state index < -0.39 is 29.6 Å². The Bertz CT molecular complexity index is 888. The van der Waals surface area contributed by atoms with Gasteiger partial charge in [0.1, 0.15) is 11.6 Å². The van der Waals surface area contributed by atoms with Gasteiger partial charge in [-0.3, -0.25) is 9.78 Å². The molecular formula is C19H20F2N4O2. The Morgan fingerprint density at radius 1 is 1.44 bits per heavy atom. The van der Waals surface area contributed by atoms with E-state index in [-0.39, 0.29) is 18.0 Å². The van der Waals surface area contributed by atoms with Crippen LogP contribution >= 0.6 is 0 Å². The Hall–Kier alpha value is -2.58. The van der Waals surface area contributed by atoms with Crippen LogP contribution < -0.4 is 10.6 Å². The summed E-state index contributed by atoms with van der Waals surface area (Å²) in [5.74, 6) is -1.74. The number of rotatable bonds is 4. The normalized spacial score (nSPS) is 21.3. The maximum Gasteiger partial charge on any atom is 0.234 e. The summed E-state index contributed by atoms with van der Waals surface area (Å²) in [5.41, 5.74) is 1.33. The quantitative estimate of drug-likeness (QED) is 0.765. The number of carbonyl (C=O) groups is 1. The highest BCUT2D eigenvalue weighted by molar-refractivity contribution is 5.79. The van der Waals surface area contributed by atoms with E-state index in [4.69, 9.17) is 0 Å². The van der Waals surface area contributed by atoms with Crippen molar-refractivity contribution in [3.05, 3.63) is 59.4 Å². The van der Waals surface area contributed by atoms with Crippen LogP contribution in [0, 0.1) is 11.6 Å². The van der Waals surface area contributed by atoms with Gasteiger partial charge < -0.3 is 15.7 Å². The van der Waals surface area contributed by atoms with Crippen molar-refractivity contribution < 1.29 is 18.7 Å². The number of nitrogens with zero attached hydrogens (tertiary/aromatic N) is 2. The molecule has 27 heavy (non-hydrogen) atoms. The second-order valence-corrected chi connectivity index (χ2v) is 7.03. The van der Waals surface area contributed by atoms with E-state index >= 15 is 0 Å². The molecule has 0 radical (unpaired) electrons. The zero-order valence-electron chi connectivity index (χ0n) is 14.7. The summed E-state index contributed by atoms with van der Waals surface area (Å²) in [6.45, 7) is 1.56. The summed E-state index contributed by atoms with van der Waals surface area (Å²) in [6.07, 6.45) is 2.26. The molecule has 2 aliphatic rings. The molecule has 1 spiro atoms. The highest BCUT2D eigenvalue weighted by atomic mass is 19.1. The predicted octanol–water partition coefficient (Wildman–Crippen LogP) is 2.23. The molecule has 1 saturated carbocycles. The molecule has 0 bridgehead atoms. The number of carbonyl (C=O) groups excluding carboxylic acids is 1. The molecule has 1 fully saturated rings. The van der Waals surface area contributed by atoms with Crippen molar-refractivity contribution in [2.75, 3.05) is 11.9 Å². The second kappa shape index (κ2) is 6.54. The highest BCUT2D eigenvalue weighted by Crippen LogP contribution is 2.54. The largest absolute Gasteiger partial charge is 0.361 e. The third-order valence-corrected chi connectivity index (χ3v) is 5.22. The zero-order valence-corrected chi connectivity index (χ0v) is 14.7. The average Bonchev–Trinajstić information content (AvgIpc) is 3.40. The first-order chi connectivity index (χ1) is 12.9. The summed E-state index contributed by atoms with van der Waals surface area (Å²) in [7, 11) is 0. The second-order valence-electron chi connectivity index (χ2n) is 7.03. The number of aliphatic hydroxyl groups is 1. The van der Waals surface area contributed by atoms with Crippen molar-refractivity contribution in [1.82, 2.24) is 15.2 Å². The maximum absolute atomic E-state index is 13.9. The topological polar surface area (TPSA) is 77.5 Å². The number of aromatic nitrogens is 1. The molecule has 6 nitrogen and oxygen atoms in total. The summed E-state index contributed by atoms with van der Waals surface area (Å²) >= 11 is 0. The Labute approximate surface area is 155 Å². The van der Waals surface area contributed by atoms with E-state index in [0.717, 1.165) is 36.4 Å². The molecule has 142 valence electrons. The van der Waals surface area contributed by atoms with Gasteiger partial charge in [-0.1, -0.05) is 6.07 Å². The molecule has 1 unspecified atom stereocenters. The number of pyridine rings is 1. The van der Waals surface area contributed by atoms with Crippen molar-refractivity contribution in [1.29, 1.82) is 0 Å². The van der Waals surface area contributed by atoms with Crippen molar-refractivity contribution >= 4 is 11.6 Å². The van der Waals surface area contributed by atoms with Gasteiger partial charge in [-0.05, 0) is 38.0 Å². The van der Waals surface area contributed by atoms with Gasteiger partial charge in [0.15, 0.2) is 6.35 Å². The molecule has 1 aromatic carbocycles. The third-order valence-electron chi connectivity index (χ3n) is 5.22. The van der Waals surface area contributed by atoms with Crippen LogP contribution in [0.2, 0.25) is 0 Å². The molecule has 2 aromatic rings. The highest BCUT2D eigenvalue weighted by Gasteiger charge is 2.56. The standard InChI is InChI=1S/C19H20F2N4O2/c1-11(13-5-4-12(20)9-14(13)21)23-16(26)10-25-18(27)24-15-3-2-8-22-17(15)19(25)6-7-19/h2-5,8-9,11,18,24,27H,6-7,10H2,1H3,(H,23,26)/t11-,18?/m0/s1. The molecule has 2 heterocycles. The van der Waals surface area contributed by atoms with Gasteiger partial charge in [0.2, 0.25) is 5.91 Å². The Kier molecular flexibility index (Phi) is 4.32. The molecule has 8 heteroatoms. The minimum absolute atomic E-state index is 0.0721. The summed E-state index contributed by atoms with van der Waals surface area (Å²) in [6, 6.07) is 6.26. The molecule has 3 N–H and O–H groups in total. The van der Waals surface area contributed by atoms with Crippen LogP contribution in [0.15, 0.2) is 36.5 Å². The zero-order chi connectivity index (χ0) is 19.2. The van der Waals surface area contributed by atoms with Crippen LogP contribution in [0.5, 0.6) is 0 Å². The van der Waals surface area contributed by atoms with Crippen LogP contribution in [0.1, 0.15) is 37.1 Å². The van der Waals surface area contributed by atoms with Crippen LogP contribution in [0.3, 0.4) is 0 Å². The Morgan fingerprint density at radius 2 is 2.22 bits per heavy atom. The van der Waals surface area contributed by atoms with Crippen LogP contribution in [-0.4, -0.2) is 33.8 Å². The van der Waals surface area contributed by atoms with Gasteiger partial charge in [-0.15, -0.1) is 0 Å². The SMILES string of the molecule is C[C@H](NC(=O)CN1C(O)Nc2cccnc2C12CC2)c1ccc(F)cc1F. The molecule has 4 rings (SSSR count). The fraction of sp³-hybridized carbons (Fsp3) is 0.368. The average molecular weight is 374 g/mol. The summed E-state index contributed by atoms with van der Waals surface area (Å²) in [5, 5.41) is 16.1. The molecule has 1 aromatic heterocycles. The Balaban J connectivity index is 1.48. The fourth-order valence-corrected chi connectivity index (χ4v) is 3.73. The van der Waals surface area contributed by atoms with E-state index in [1.807, 2.05) is 6.07 Å². The third kappa shape index (κ3) is 3.15. The number of amides is 1. The van der Waals surface area contributed by atoms with Crippen molar-refractivity contribution in [3.8, 4) is 0 Å². The van der Waals surface area contributed by atoms with Gasteiger partial charge in [0.05, 0.1) is 29.5 Å². The van der Waals surface area contributed by atoms with Gasteiger partial charge in [0.25, 0.3) is 0 Å². The maximum atomic E-state index is 13.9. The number of hydrogen-bond donors (Lipinski definition) is 3. The van der Waals surface area contributed by atoms with Gasteiger partial charge in [0, 0.05) is 17.8 Å². The van der Waals surface area contributed by atoms with Gasteiger partial charge in [-0.25, -0.2) is 13.7 Å². The molecule has 1 aliphatic heterocycles. The molecule has 1 amide bonds. The van der Waals surface area contributed by atoms with Gasteiger partial charge >= 0.3 is 0 Å². The van der Waals surface area contributed by atoms with Crippen molar-refractivity contribution in [2.24, 2.45) is 0 Å². The van der Waals surface area contributed by atoms with Crippen LogP contribution in [0.25, 0.3) is 0 Å². The van der Waals surface area contributed by atoms with E-state index in [9.17, 15) is 18.7 Å². The minimum atomic E-state index is -1.02. The molecule has 0 saturated heterocycles. The number of fused-ring (bicyclic) bond motifs is 2. The number of benzene rings is 1. The molecular weight excluding hydrogens is 354 g/mol. The number of nitrogens with one attached hydrogen (secondary N) is 2. The lowest BCUT2D eigenvalue weighted by atomic mass is 10.0. The van der Waals surface area contributed by atoms with E-state index in [1.54, 1.807) is 24.1 Å².